The summed E-state index contributed by atoms with van der Waals surface area (Å²) in [5.41, 5.74) is 0.636. The molecule has 1 aliphatic heterocycles. The molecule has 1 aliphatic carbocycles. The first-order valence-electron chi connectivity index (χ1n) is 6.70. The summed E-state index contributed by atoms with van der Waals surface area (Å²) in [7, 11) is 0. The minimum atomic E-state index is -0.0363. The zero-order chi connectivity index (χ0) is 11.7. The Kier molecular flexibility index (Phi) is 3.05. The second kappa shape index (κ2) is 4.69. The third-order valence-corrected chi connectivity index (χ3v) is 4.19. The monoisotopic (exact) mass is 236 g/mol. The van der Waals surface area contributed by atoms with Crippen LogP contribution in [-0.4, -0.2) is 22.7 Å². The largest absolute Gasteiger partial charge is 0.432 e. The summed E-state index contributed by atoms with van der Waals surface area (Å²) >= 11 is 0. The molecule has 0 radical (unpaired) electrons. The van der Waals surface area contributed by atoms with Gasteiger partial charge in [-0.2, -0.15) is 4.98 Å². The number of oxazole rings is 1. The molecule has 4 nitrogen and oxygen atoms in total. The van der Waals surface area contributed by atoms with Gasteiger partial charge >= 0.3 is 0 Å². The maximum Gasteiger partial charge on any atom is 0.297 e. The van der Waals surface area contributed by atoms with Crippen LogP contribution in [0.4, 0.5) is 6.01 Å². The predicted molar refractivity (Wildman–Crippen MR) is 64.8 cm³/mol. The van der Waals surface area contributed by atoms with Crippen molar-refractivity contribution in [3.05, 3.63) is 12.0 Å². The van der Waals surface area contributed by atoms with Crippen LogP contribution >= 0.6 is 0 Å². The van der Waals surface area contributed by atoms with Crippen molar-refractivity contribution >= 4 is 6.01 Å². The molecule has 1 unspecified atom stereocenters. The smallest absolute Gasteiger partial charge is 0.297 e. The summed E-state index contributed by atoms with van der Waals surface area (Å²) < 4.78 is 5.48. The van der Waals surface area contributed by atoms with Crippen molar-refractivity contribution < 1.29 is 9.52 Å². The predicted octanol–water partition coefficient (Wildman–Crippen LogP) is 2.33. The van der Waals surface area contributed by atoms with Gasteiger partial charge in [0.15, 0.2) is 0 Å². The Balaban J connectivity index is 1.76. The third kappa shape index (κ3) is 2.06. The second-order valence-corrected chi connectivity index (χ2v) is 5.23. The van der Waals surface area contributed by atoms with Crippen LogP contribution in [0.2, 0.25) is 0 Å². The molecule has 1 aromatic heterocycles. The molecule has 1 saturated carbocycles. The molecule has 0 amide bonds. The van der Waals surface area contributed by atoms with E-state index in [4.69, 9.17) is 9.52 Å². The van der Waals surface area contributed by atoms with Crippen LogP contribution in [0.1, 0.15) is 44.2 Å². The minimum Gasteiger partial charge on any atom is -0.432 e. The van der Waals surface area contributed by atoms with Crippen LogP contribution < -0.4 is 4.90 Å². The van der Waals surface area contributed by atoms with Gasteiger partial charge in [0.2, 0.25) is 0 Å². The van der Waals surface area contributed by atoms with Crippen molar-refractivity contribution in [2.24, 2.45) is 5.92 Å². The Hall–Kier alpha value is -1.03. The van der Waals surface area contributed by atoms with Crippen LogP contribution in [0.5, 0.6) is 0 Å². The molecule has 17 heavy (non-hydrogen) atoms. The Morgan fingerprint density at radius 2 is 2.12 bits per heavy atom. The Labute approximate surface area is 102 Å². The van der Waals surface area contributed by atoms with Gasteiger partial charge in [0, 0.05) is 12.6 Å². The first-order valence-corrected chi connectivity index (χ1v) is 6.70. The molecule has 1 aromatic rings. The lowest BCUT2D eigenvalue weighted by atomic mass is 9.96. The van der Waals surface area contributed by atoms with E-state index < -0.39 is 0 Å². The van der Waals surface area contributed by atoms with E-state index in [0.717, 1.165) is 12.5 Å². The van der Waals surface area contributed by atoms with Gasteiger partial charge in [-0.15, -0.1) is 0 Å². The van der Waals surface area contributed by atoms with Gasteiger partial charge in [-0.05, 0) is 31.6 Å². The molecular weight excluding hydrogens is 216 g/mol. The van der Waals surface area contributed by atoms with Gasteiger partial charge in [-0.1, -0.05) is 12.8 Å². The van der Waals surface area contributed by atoms with Gasteiger partial charge in [0.1, 0.15) is 12.0 Å². The summed E-state index contributed by atoms with van der Waals surface area (Å²) in [4.78, 5) is 6.66. The van der Waals surface area contributed by atoms with Crippen LogP contribution in [0.3, 0.4) is 0 Å². The van der Waals surface area contributed by atoms with Crippen LogP contribution in [-0.2, 0) is 6.61 Å². The summed E-state index contributed by atoms with van der Waals surface area (Å²) in [5, 5.41) is 9.03. The normalized spacial score (nSPS) is 25.9. The lowest BCUT2D eigenvalue weighted by Crippen LogP contribution is -2.34. The molecule has 2 heterocycles. The van der Waals surface area contributed by atoms with Crippen molar-refractivity contribution in [2.45, 2.75) is 51.2 Å². The third-order valence-electron chi connectivity index (χ3n) is 4.19. The molecule has 0 bridgehead atoms. The molecule has 3 rings (SSSR count). The molecule has 0 aromatic carbocycles. The molecule has 1 atom stereocenters. The van der Waals surface area contributed by atoms with E-state index in [1.54, 1.807) is 6.26 Å². The fourth-order valence-electron chi connectivity index (χ4n) is 3.36. The van der Waals surface area contributed by atoms with Crippen molar-refractivity contribution in [2.75, 3.05) is 11.4 Å². The van der Waals surface area contributed by atoms with Crippen LogP contribution in [0, 0.1) is 5.92 Å². The highest BCUT2D eigenvalue weighted by Gasteiger charge is 2.35. The van der Waals surface area contributed by atoms with Crippen molar-refractivity contribution in [1.82, 2.24) is 4.98 Å². The quantitative estimate of drug-likeness (QED) is 0.875. The first kappa shape index (κ1) is 11.1. The van der Waals surface area contributed by atoms with Gasteiger partial charge in [-0.3, -0.25) is 0 Å². The molecule has 2 fully saturated rings. The number of aliphatic hydroxyl groups is 1. The summed E-state index contributed by atoms with van der Waals surface area (Å²) in [5.74, 6) is 0.821. The van der Waals surface area contributed by atoms with E-state index in [-0.39, 0.29) is 6.61 Å². The molecule has 1 N–H and O–H groups in total. The Morgan fingerprint density at radius 1 is 1.29 bits per heavy atom. The van der Waals surface area contributed by atoms with E-state index in [9.17, 15) is 0 Å². The van der Waals surface area contributed by atoms with Crippen molar-refractivity contribution in [3.8, 4) is 0 Å². The summed E-state index contributed by atoms with van der Waals surface area (Å²) in [6.07, 6.45) is 9.54. The standard InChI is InChI=1S/C13H20N2O2/c16-8-11-9-17-13(14-11)15-7-3-6-12(15)10-4-1-2-5-10/h9-10,12,16H,1-8H2. The lowest BCUT2D eigenvalue weighted by molar-refractivity contribution is 0.276. The van der Waals surface area contributed by atoms with E-state index in [1.807, 2.05) is 0 Å². The average molecular weight is 236 g/mol. The zero-order valence-corrected chi connectivity index (χ0v) is 10.1. The fourth-order valence-corrected chi connectivity index (χ4v) is 3.36. The van der Waals surface area contributed by atoms with Crippen LogP contribution in [0.15, 0.2) is 10.7 Å². The van der Waals surface area contributed by atoms with E-state index >= 15 is 0 Å². The molecule has 94 valence electrons. The van der Waals surface area contributed by atoms with Crippen molar-refractivity contribution in [1.29, 1.82) is 0 Å². The van der Waals surface area contributed by atoms with Crippen molar-refractivity contribution in [3.63, 3.8) is 0 Å². The number of hydrogen-bond acceptors (Lipinski definition) is 4. The van der Waals surface area contributed by atoms with Gasteiger partial charge < -0.3 is 14.4 Å². The first-order chi connectivity index (χ1) is 8.38. The van der Waals surface area contributed by atoms with E-state index in [1.165, 1.54) is 38.5 Å². The van der Waals surface area contributed by atoms with Crippen LogP contribution in [0.25, 0.3) is 0 Å². The molecule has 0 spiro atoms. The lowest BCUT2D eigenvalue weighted by Gasteiger charge is -2.27. The number of anilines is 1. The summed E-state index contributed by atoms with van der Waals surface area (Å²) in [6, 6.07) is 1.33. The fraction of sp³-hybridized carbons (Fsp3) is 0.769. The zero-order valence-electron chi connectivity index (χ0n) is 10.1. The molecule has 2 aliphatic rings. The average Bonchev–Trinajstić information content (AvgIpc) is 3.09. The number of rotatable bonds is 3. The van der Waals surface area contributed by atoms with Gasteiger partial charge in [0.05, 0.1) is 6.61 Å². The maximum atomic E-state index is 9.03. The Bertz CT molecular complexity index is 371. The number of hydrogen-bond donors (Lipinski definition) is 1. The molecule has 1 saturated heterocycles. The number of aliphatic hydroxyl groups excluding tert-OH is 1. The molecular formula is C13H20N2O2. The van der Waals surface area contributed by atoms with E-state index in [2.05, 4.69) is 9.88 Å². The van der Waals surface area contributed by atoms with Gasteiger partial charge in [0.25, 0.3) is 6.01 Å². The Morgan fingerprint density at radius 3 is 2.82 bits per heavy atom. The highest BCUT2D eigenvalue weighted by atomic mass is 16.4. The maximum absolute atomic E-state index is 9.03. The number of aromatic nitrogens is 1. The minimum absolute atomic E-state index is 0.0363. The highest BCUT2D eigenvalue weighted by Crippen LogP contribution is 2.37. The highest BCUT2D eigenvalue weighted by molar-refractivity contribution is 5.31. The second-order valence-electron chi connectivity index (χ2n) is 5.23. The SMILES string of the molecule is OCc1coc(N2CCCC2C2CCCC2)n1. The van der Waals surface area contributed by atoms with Gasteiger partial charge in [-0.25, -0.2) is 0 Å². The topological polar surface area (TPSA) is 49.5 Å². The summed E-state index contributed by atoms with van der Waals surface area (Å²) in [6.45, 7) is 1.01. The molecule has 4 heteroatoms. The van der Waals surface area contributed by atoms with E-state index in [0.29, 0.717) is 17.8 Å². The number of nitrogens with zero attached hydrogens (tertiary/aromatic N) is 2.